The van der Waals surface area contributed by atoms with E-state index < -0.39 is 97.5 Å². The molecule has 0 aromatic heterocycles. The minimum atomic E-state index is -4.95. The van der Waals surface area contributed by atoms with Crippen molar-refractivity contribution in [3.8, 4) is 0 Å². The van der Waals surface area contributed by atoms with E-state index in [1.54, 1.807) is 0 Å². The molecular weight excluding hydrogens is 1200 g/mol. The van der Waals surface area contributed by atoms with Crippen LogP contribution < -0.4 is 0 Å². The molecule has 0 aromatic carbocycles. The van der Waals surface area contributed by atoms with Gasteiger partial charge in [0, 0.05) is 25.7 Å². The minimum absolute atomic E-state index is 0.102. The van der Waals surface area contributed by atoms with Gasteiger partial charge in [0.15, 0.2) is 12.2 Å². The average Bonchev–Trinajstić information content (AvgIpc) is 2.87. The van der Waals surface area contributed by atoms with Crippen molar-refractivity contribution in [1.29, 1.82) is 0 Å². The number of rotatable bonds is 69. The van der Waals surface area contributed by atoms with E-state index in [0.29, 0.717) is 37.5 Å². The average molecular weight is 1340 g/mol. The number of hydrogen-bond acceptors (Lipinski definition) is 15. The van der Waals surface area contributed by atoms with Gasteiger partial charge < -0.3 is 33.8 Å². The van der Waals surface area contributed by atoms with Crippen LogP contribution in [-0.2, 0) is 65.4 Å². The number of phosphoric ester groups is 2. The second kappa shape index (κ2) is 61.6. The first-order valence-electron chi connectivity index (χ1n) is 37.2. The molecule has 0 aromatic rings. The number of phosphoric acid groups is 2. The lowest BCUT2D eigenvalue weighted by atomic mass is 10.0. The molecule has 0 aliphatic heterocycles. The van der Waals surface area contributed by atoms with Gasteiger partial charge in [0.05, 0.1) is 26.4 Å². The third kappa shape index (κ3) is 66.5. The molecule has 0 amide bonds. The Bertz CT molecular complexity index is 1800. The molecule has 0 saturated heterocycles. The molecule has 0 aliphatic carbocycles. The second-order valence-corrected chi connectivity index (χ2v) is 30.8. The molecule has 17 nitrogen and oxygen atoms in total. The SMILES string of the molecule is CC(C)CCCCCCCCCCCCCCCCCCCCC(=O)OC[C@H](COP(=O)(O)OC[C@@H](O)COP(=O)(O)OC[C@@H](COC(=O)CCCCCCCCC(C)C)OC(=O)CCCCCCCCCCCC(C)C)OC(=O)CCCCCCCCC(C)C. The molecule has 5 atom stereocenters. The molecule has 19 heteroatoms. The number of esters is 4. The van der Waals surface area contributed by atoms with E-state index in [9.17, 15) is 43.2 Å². The summed E-state index contributed by atoms with van der Waals surface area (Å²) in [5.74, 6) is 0.773. The van der Waals surface area contributed by atoms with Gasteiger partial charge >= 0.3 is 39.5 Å². The number of unbranched alkanes of at least 4 members (excludes halogenated alkanes) is 35. The number of carbonyl (C=O) groups is 4. The zero-order valence-electron chi connectivity index (χ0n) is 59.5. The maximum absolute atomic E-state index is 13.0. The smallest absolute Gasteiger partial charge is 0.462 e. The largest absolute Gasteiger partial charge is 0.472 e. The summed E-state index contributed by atoms with van der Waals surface area (Å²) in [6.45, 7) is 14.0. The first-order chi connectivity index (χ1) is 43.6. The number of carbonyl (C=O) groups excluding carboxylic acids is 4. The first-order valence-corrected chi connectivity index (χ1v) is 40.2. The molecule has 2 unspecified atom stereocenters. The summed E-state index contributed by atoms with van der Waals surface area (Å²) < 4.78 is 68.2. The molecule has 540 valence electrons. The fourth-order valence-corrected chi connectivity index (χ4v) is 12.4. The summed E-state index contributed by atoms with van der Waals surface area (Å²) in [4.78, 5) is 72.5. The van der Waals surface area contributed by atoms with Crippen LogP contribution in [0.4, 0.5) is 0 Å². The molecule has 91 heavy (non-hydrogen) atoms. The van der Waals surface area contributed by atoms with Gasteiger partial charge in [-0.05, 0) is 49.4 Å². The van der Waals surface area contributed by atoms with Crippen LogP contribution >= 0.6 is 15.6 Å². The maximum atomic E-state index is 13.0. The van der Waals surface area contributed by atoms with Crippen molar-refractivity contribution in [2.75, 3.05) is 39.6 Å². The molecule has 0 bridgehead atoms. The molecule has 0 fully saturated rings. The van der Waals surface area contributed by atoms with E-state index in [-0.39, 0.29) is 25.7 Å². The van der Waals surface area contributed by atoms with Crippen molar-refractivity contribution in [2.45, 2.75) is 375 Å². The summed E-state index contributed by atoms with van der Waals surface area (Å²) in [5.41, 5.74) is 0. The van der Waals surface area contributed by atoms with E-state index in [1.165, 1.54) is 154 Å². The fourth-order valence-electron chi connectivity index (χ4n) is 10.8. The van der Waals surface area contributed by atoms with E-state index >= 15 is 0 Å². The molecule has 0 radical (unpaired) electrons. The van der Waals surface area contributed by atoms with Gasteiger partial charge in [-0.1, -0.05) is 306 Å². The zero-order valence-corrected chi connectivity index (χ0v) is 61.3. The maximum Gasteiger partial charge on any atom is 0.472 e. The highest BCUT2D eigenvalue weighted by atomic mass is 31.2. The summed E-state index contributed by atoms with van der Waals surface area (Å²) in [6, 6.07) is 0. The Morgan fingerprint density at radius 2 is 0.462 bits per heavy atom. The Hall–Kier alpha value is -1.94. The first kappa shape index (κ1) is 89.1. The van der Waals surface area contributed by atoms with Gasteiger partial charge in [-0.3, -0.25) is 37.3 Å². The van der Waals surface area contributed by atoms with Gasteiger partial charge in [0.25, 0.3) is 0 Å². The molecule has 0 saturated carbocycles. The lowest BCUT2D eigenvalue weighted by molar-refractivity contribution is -0.161. The number of hydrogen-bond donors (Lipinski definition) is 3. The van der Waals surface area contributed by atoms with E-state index in [2.05, 4.69) is 55.4 Å². The third-order valence-electron chi connectivity index (χ3n) is 16.6. The molecule has 0 rings (SSSR count). The van der Waals surface area contributed by atoms with Crippen molar-refractivity contribution >= 4 is 39.5 Å². The van der Waals surface area contributed by atoms with E-state index in [0.717, 1.165) is 108 Å². The summed E-state index contributed by atoms with van der Waals surface area (Å²) in [5, 5.41) is 10.6. The van der Waals surface area contributed by atoms with Crippen molar-refractivity contribution in [3.05, 3.63) is 0 Å². The Morgan fingerprint density at radius 1 is 0.275 bits per heavy atom. The Labute approximate surface area is 556 Å². The van der Waals surface area contributed by atoms with Crippen LogP contribution in [0.1, 0.15) is 357 Å². The minimum Gasteiger partial charge on any atom is -0.462 e. The van der Waals surface area contributed by atoms with Crippen LogP contribution in [0.15, 0.2) is 0 Å². The highest BCUT2D eigenvalue weighted by Crippen LogP contribution is 2.45. The van der Waals surface area contributed by atoms with Crippen LogP contribution in [0, 0.1) is 23.7 Å². The van der Waals surface area contributed by atoms with Crippen LogP contribution in [0.3, 0.4) is 0 Å². The number of aliphatic hydroxyl groups excluding tert-OH is 1. The predicted octanol–water partition coefficient (Wildman–Crippen LogP) is 20.5. The highest BCUT2D eigenvalue weighted by molar-refractivity contribution is 7.47. The Balaban J connectivity index is 5.10. The fraction of sp³-hybridized carbons (Fsp3) is 0.944. The van der Waals surface area contributed by atoms with Gasteiger partial charge in [-0.15, -0.1) is 0 Å². The second-order valence-electron chi connectivity index (χ2n) is 27.9. The van der Waals surface area contributed by atoms with E-state index in [4.69, 9.17) is 37.0 Å². The van der Waals surface area contributed by atoms with Gasteiger partial charge in [0.2, 0.25) is 0 Å². The monoisotopic (exact) mass is 1340 g/mol. The number of aliphatic hydroxyl groups is 1. The summed E-state index contributed by atoms with van der Waals surface area (Å²) >= 11 is 0. The van der Waals surface area contributed by atoms with Crippen molar-refractivity contribution in [2.24, 2.45) is 23.7 Å². The quantitative estimate of drug-likeness (QED) is 0.0222. The van der Waals surface area contributed by atoms with Crippen molar-refractivity contribution in [1.82, 2.24) is 0 Å². The normalized spacial score (nSPS) is 14.2. The number of ether oxygens (including phenoxy) is 4. The van der Waals surface area contributed by atoms with Crippen LogP contribution in [0.5, 0.6) is 0 Å². The summed E-state index contributed by atoms with van der Waals surface area (Å²) in [7, 11) is -9.90. The van der Waals surface area contributed by atoms with Crippen molar-refractivity contribution < 1.29 is 80.2 Å². The molecule has 0 heterocycles. The Morgan fingerprint density at radius 3 is 0.681 bits per heavy atom. The van der Waals surface area contributed by atoms with E-state index in [1.807, 2.05) is 0 Å². The van der Waals surface area contributed by atoms with Gasteiger partial charge in [0.1, 0.15) is 19.3 Å². The highest BCUT2D eigenvalue weighted by Gasteiger charge is 2.30. The van der Waals surface area contributed by atoms with Gasteiger partial charge in [-0.25, -0.2) is 9.13 Å². The third-order valence-corrected chi connectivity index (χ3v) is 18.5. The lowest BCUT2D eigenvalue weighted by Gasteiger charge is -2.21. The topological polar surface area (TPSA) is 237 Å². The van der Waals surface area contributed by atoms with Gasteiger partial charge in [-0.2, -0.15) is 0 Å². The molecule has 0 aliphatic rings. The zero-order chi connectivity index (χ0) is 67.5. The van der Waals surface area contributed by atoms with Crippen molar-refractivity contribution in [3.63, 3.8) is 0 Å². The standard InChI is InChI=1S/C72H140O17P2/c1-62(2)48-40-32-24-20-17-15-13-11-9-10-12-14-16-18-22-26-36-44-52-69(74)82-58-68(89-72(77)55-47-39-31-29-35-43-51-65(7)8)61-87-91(80,81)85-57-66(73)56-84-90(78,79)86-60-67(59-83-70(75)53-45-37-30-28-34-42-50-64(5)6)88-71(76)54-46-38-27-23-19-21-25-33-41-49-63(3)4/h62-68,73H,9-61H2,1-8H3,(H,78,79)(H,80,81)/t66-,67+,68+/m0/s1. The molecular formula is C72H140O17P2. The summed E-state index contributed by atoms with van der Waals surface area (Å²) in [6.07, 6.45) is 45.0. The molecule has 3 N–H and O–H groups in total. The van der Waals surface area contributed by atoms with Crippen LogP contribution in [-0.4, -0.2) is 96.7 Å². The predicted molar refractivity (Wildman–Crippen MR) is 367 cm³/mol. The lowest BCUT2D eigenvalue weighted by Crippen LogP contribution is -2.30. The van der Waals surface area contributed by atoms with Crippen LogP contribution in [0.2, 0.25) is 0 Å². The molecule has 0 spiro atoms. The van der Waals surface area contributed by atoms with Crippen LogP contribution in [0.25, 0.3) is 0 Å². The Kier molecular flexibility index (Phi) is 60.3.